The van der Waals surface area contributed by atoms with Gasteiger partial charge >= 0.3 is 13.1 Å². The van der Waals surface area contributed by atoms with Gasteiger partial charge in [0.1, 0.15) is 12.1 Å². The van der Waals surface area contributed by atoms with Gasteiger partial charge in [0.15, 0.2) is 0 Å². The summed E-state index contributed by atoms with van der Waals surface area (Å²) in [6.45, 7) is 4.73. The minimum Gasteiger partial charge on any atom is -0.461 e. The van der Waals surface area contributed by atoms with E-state index in [9.17, 15) is 4.79 Å². The molecule has 1 aromatic rings. The minimum atomic E-state index is -1.46. The highest BCUT2D eigenvalue weighted by Gasteiger charge is 2.26. The van der Waals surface area contributed by atoms with Crippen molar-refractivity contribution in [3.05, 3.63) is 29.8 Å². The standard InChI is InChI=1S/C18H28BNO4/c1-13(2)11-17(18(21)24-16-5-3-4-6-16)20-12-14-7-9-15(10-8-14)19(22)23/h7-10,13,16-17,20,22-23H,3-6,11-12H2,1-2H3. The lowest BCUT2D eigenvalue weighted by Gasteiger charge is -2.22. The Bertz CT molecular complexity index is 512. The molecule has 1 unspecified atom stereocenters. The highest BCUT2D eigenvalue weighted by Crippen LogP contribution is 2.22. The summed E-state index contributed by atoms with van der Waals surface area (Å²) in [6, 6.07) is 6.70. The van der Waals surface area contributed by atoms with Crippen molar-refractivity contribution in [1.82, 2.24) is 5.32 Å². The third-order valence-corrected chi connectivity index (χ3v) is 4.41. The molecule has 3 N–H and O–H groups in total. The number of carbonyl (C=O) groups excluding carboxylic acids is 1. The van der Waals surface area contributed by atoms with Crippen molar-refractivity contribution in [2.45, 2.75) is 64.6 Å². The van der Waals surface area contributed by atoms with Crippen LogP contribution < -0.4 is 10.8 Å². The predicted molar refractivity (Wildman–Crippen MR) is 94.7 cm³/mol. The molecule has 0 amide bonds. The van der Waals surface area contributed by atoms with Crippen LogP contribution in [0.4, 0.5) is 0 Å². The van der Waals surface area contributed by atoms with Gasteiger partial charge in [0.05, 0.1) is 0 Å². The first-order valence-electron chi connectivity index (χ1n) is 8.84. The van der Waals surface area contributed by atoms with Crippen molar-refractivity contribution >= 4 is 18.6 Å². The maximum absolute atomic E-state index is 12.4. The summed E-state index contributed by atoms with van der Waals surface area (Å²) in [7, 11) is -1.46. The van der Waals surface area contributed by atoms with E-state index in [1.54, 1.807) is 12.1 Å². The second kappa shape index (κ2) is 9.21. The Labute approximate surface area is 144 Å². The first kappa shape index (κ1) is 19.0. The average molecular weight is 333 g/mol. The fourth-order valence-electron chi connectivity index (χ4n) is 3.04. The van der Waals surface area contributed by atoms with Crippen molar-refractivity contribution in [3.63, 3.8) is 0 Å². The quantitative estimate of drug-likeness (QED) is 0.494. The number of rotatable bonds is 8. The Balaban J connectivity index is 1.90. The van der Waals surface area contributed by atoms with Gasteiger partial charge in [0.25, 0.3) is 0 Å². The van der Waals surface area contributed by atoms with Gasteiger partial charge in [-0.15, -0.1) is 0 Å². The van der Waals surface area contributed by atoms with E-state index >= 15 is 0 Å². The van der Waals surface area contributed by atoms with E-state index in [4.69, 9.17) is 14.8 Å². The number of ether oxygens (including phenoxy) is 1. The van der Waals surface area contributed by atoms with Crippen LogP contribution in [-0.2, 0) is 16.1 Å². The molecule has 5 nitrogen and oxygen atoms in total. The summed E-state index contributed by atoms with van der Waals surface area (Å²) in [5, 5.41) is 21.5. The maximum atomic E-state index is 12.4. The molecule has 1 fully saturated rings. The minimum absolute atomic E-state index is 0.0827. The summed E-state index contributed by atoms with van der Waals surface area (Å²) in [6.07, 6.45) is 5.06. The van der Waals surface area contributed by atoms with Crippen molar-refractivity contribution in [2.24, 2.45) is 5.92 Å². The van der Waals surface area contributed by atoms with Crippen molar-refractivity contribution in [1.29, 1.82) is 0 Å². The normalized spacial score (nSPS) is 16.4. The molecular weight excluding hydrogens is 305 g/mol. The monoisotopic (exact) mass is 333 g/mol. The lowest BCUT2D eigenvalue weighted by molar-refractivity contribution is -0.151. The Morgan fingerprint density at radius 2 is 1.88 bits per heavy atom. The van der Waals surface area contributed by atoms with E-state index < -0.39 is 7.12 Å². The summed E-state index contributed by atoms with van der Waals surface area (Å²) >= 11 is 0. The van der Waals surface area contributed by atoms with E-state index in [-0.39, 0.29) is 18.1 Å². The van der Waals surface area contributed by atoms with Crippen LogP contribution >= 0.6 is 0 Å². The van der Waals surface area contributed by atoms with Crippen LogP contribution in [-0.4, -0.2) is 35.3 Å². The third-order valence-electron chi connectivity index (χ3n) is 4.41. The molecular formula is C18H28BNO4. The molecule has 0 radical (unpaired) electrons. The van der Waals surface area contributed by atoms with Crippen molar-refractivity contribution in [3.8, 4) is 0 Å². The summed E-state index contributed by atoms with van der Waals surface area (Å²) in [4.78, 5) is 12.4. The molecule has 0 heterocycles. The number of hydrogen-bond donors (Lipinski definition) is 3. The zero-order valence-electron chi connectivity index (χ0n) is 14.6. The van der Waals surface area contributed by atoms with Crippen LogP contribution in [0.25, 0.3) is 0 Å². The molecule has 132 valence electrons. The molecule has 0 aliphatic heterocycles. The van der Waals surface area contributed by atoms with Crippen LogP contribution in [0, 0.1) is 5.92 Å². The van der Waals surface area contributed by atoms with E-state index in [0.717, 1.165) is 37.7 Å². The molecule has 0 bridgehead atoms. The van der Waals surface area contributed by atoms with Crippen LogP contribution in [0.2, 0.25) is 0 Å². The maximum Gasteiger partial charge on any atom is 0.488 e. The largest absolute Gasteiger partial charge is 0.488 e. The van der Waals surface area contributed by atoms with Gasteiger partial charge in [0.2, 0.25) is 0 Å². The third kappa shape index (κ3) is 5.93. The predicted octanol–water partition coefficient (Wildman–Crippen LogP) is 1.36. The second-order valence-electron chi connectivity index (χ2n) is 7.02. The number of carbonyl (C=O) groups is 1. The Kier molecular flexibility index (Phi) is 7.27. The lowest BCUT2D eigenvalue weighted by atomic mass is 9.80. The topological polar surface area (TPSA) is 78.8 Å². The van der Waals surface area contributed by atoms with E-state index in [1.807, 2.05) is 12.1 Å². The van der Waals surface area contributed by atoms with Gasteiger partial charge in [-0.1, -0.05) is 38.1 Å². The number of nitrogens with one attached hydrogen (secondary N) is 1. The summed E-state index contributed by atoms with van der Waals surface area (Å²) < 4.78 is 5.65. The van der Waals surface area contributed by atoms with Gasteiger partial charge in [0, 0.05) is 6.54 Å². The van der Waals surface area contributed by atoms with Gasteiger partial charge in [-0.05, 0) is 49.0 Å². The van der Waals surface area contributed by atoms with E-state index in [2.05, 4.69) is 19.2 Å². The van der Waals surface area contributed by atoms with Gasteiger partial charge < -0.3 is 20.1 Å². The molecule has 1 atom stereocenters. The Morgan fingerprint density at radius 1 is 1.25 bits per heavy atom. The Morgan fingerprint density at radius 3 is 2.42 bits per heavy atom. The molecule has 0 aromatic heterocycles. The lowest BCUT2D eigenvalue weighted by Crippen LogP contribution is -2.40. The smallest absolute Gasteiger partial charge is 0.461 e. The zero-order chi connectivity index (χ0) is 17.5. The van der Waals surface area contributed by atoms with Gasteiger partial charge in [-0.2, -0.15) is 0 Å². The first-order chi connectivity index (χ1) is 11.5. The highest BCUT2D eigenvalue weighted by atomic mass is 16.5. The molecule has 1 aliphatic rings. The molecule has 1 aromatic carbocycles. The van der Waals surface area contributed by atoms with E-state index in [1.165, 1.54) is 0 Å². The zero-order valence-corrected chi connectivity index (χ0v) is 14.6. The van der Waals surface area contributed by atoms with Crippen molar-refractivity contribution < 1.29 is 19.6 Å². The van der Waals surface area contributed by atoms with Crippen LogP contribution in [0.15, 0.2) is 24.3 Å². The van der Waals surface area contributed by atoms with Gasteiger partial charge in [-0.3, -0.25) is 4.79 Å². The number of benzene rings is 1. The second-order valence-corrected chi connectivity index (χ2v) is 7.02. The fourth-order valence-corrected chi connectivity index (χ4v) is 3.04. The number of esters is 1. The van der Waals surface area contributed by atoms with Crippen LogP contribution in [0.5, 0.6) is 0 Å². The molecule has 0 saturated heterocycles. The number of hydrogen-bond acceptors (Lipinski definition) is 5. The molecule has 0 spiro atoms. The summed E-state index contributed by atoms with van der Waals surface area (Å²) in [5.41, 5.74) is 1.44. The summed E-state index contributed by atoms with van der Waals surface area (Å²) in [5.74, 6) is 0.239. The Hall–Kier alpha value is -1.37. The van der Waals surface area contributed by atoms with Gasteiger partial charge in [-0.25, -0.2) is 0 Å². The van der Waals surface area contributed by atoms with Crippen molar-refractivity contribution in [2.75, 3.05) is 0 Å². The average Bonchev–Trinajstić information content (AvgIpc) is 3.04. The molecule has 1 saturated carbocycles. The van der Waals surface area contributed by atoms with Crippen LogP contribution in [0.1, 0.15) is 51.5 Å². The molecule has 24 heavy (non-hydrogen) atoms. The van der Waals surface area contributed by atoms with Crippen LogP contribution in [0.3, 0.4) is 0 Å². The molecule has 2 rings (SSSR count). The highest BCUT2D eigenvalue weighted by molar-refractivity contribution is 6.58. The first-order valence-corrected chi connectivity index (χ1v) is 8.84. The fraction of sp³-hybridized carbons (Fsp3) is 0.611. The SMILES string of the molecule is CC(C)CC(NCc1ccc(B(O)O)cc1)C(=O)OC1CCCC1. The van der Waals surface area contributed by atoms with E-state index in [0.29, 0.717) is 17.9 Å². The molecule has 1 aliphatic carbocycles. The molecule has 6 heteroatoms.